The van der Waals surface area contributed by atoms with Crippen LogP contribution in [0, 0.1) is 13.3 Å². The number of rotatable bonds is 3. The van der Waals surface area contributed by atoms with Gasteiger partial charge in [-0.2, -0.15) is 13.3 Å². The molecule has 4 aromatic rings. The fraction of sp³-hybridized carbons (Fsp3) is 0.278. The van der Waals surface area contributed by atoms with Crippen molar-refractivity contribution in [3.63, 3.8) is 0 Å². The quantitative estimate of drug-likeness (QED) is 0.115. The van der Waals surface area contributed by atoms with Crippen molar-refractivity contribution in [2.45, 2.75) is 51.4 Å². The fourth-order valence-corrected chi connectivity index (χ4v) is 7.50. The Morgan fingerprint density at radius 3 is 1.30 bits per heavy atom. The van der Waals surface area contributed by atoms with Crippen LogP contribution in [0.1, 0.15) is 47.9 Å². The molecule has 7 heteroatoms. The molecule has 0 spiro atoms. The minimum atomic E-state index is 0.890. The summed E-state index contributed by atoms with van der Waals surface area (Å²) in [7, 11) is 5.22. The number of benzene rings is 4. The topological polar surface area (TPSA) is 13.0 Å². The summed E-state index contributed by atoms with van der Waals surface area (Å²) in [5.74, 6) is 0. The van der Waals surface area contributed by atoms with Crippen molar-refractivity contribution in [1.29, 1.82) is 0 Å². The first-order valence-electron chi connectivity index (χ1n) is 15.1. The van der Waals surface area contributed by atoms with Crippen LogP contribution in [0.2, 0.25) is 0 Å². The molecule has 0 saturated heterocycles. The van der Waals surface area contributed by atoms with Crippen LogP contribution in [0.4, 0.5) is 34.1 Å². The van der Waals surface area contributed by atoms with Gasteiger partial charge in [-0.05, 0) is 124 Å². The number of aryl methyl sites for hydroxylation is 2. The van der Waals surface area contributed by atoms with Crippen LogP contribution in [0.5, 0.6) is 0 Å². The molecule has 0 radical (unpaired) electrons. The van der Waals surface area contributed by atoms with Crippen molar-refractivity contribution in [2.75, 3.05) is 33.7 Å². The first-order chi connectivity index (χ1) is 21.1. The van der Waals surface area contributed by atoms with Gasteiger partial charge in [0, 0.05) is 45.3 Å². The molecule has 4 aromatic carbocycles. The number of hydrogen-bond donors (Lipinski definition) is 0. The summed E-state index contributed by atoms with van der Waals surface area (Å²) in [5, 5.41) is 0. The zero-order valence-corrected chi connectivity index (χ0v) is 30.5. The Labute approximate surface area is 285 Å². The van der Waals surface area contributed by atoms with Crippen LogP contribution in [0.15, 0.2) is 72.8 Å². The maximum atomic E-state index is 2.44. The summed E-state index contributed by atoms with van der Waals surface area (Å²) >= 11 is 4.65. The van der Waals surface area contributed by atoms with Crippen molar-refractivity contribution < 1.29 is 10.8 Å². The number of anilines is 6. The number of nitrogens with zero attached hydrogens (tertiary/aromatic N) is 4. The fourth-order valence-electron chi connectivity index (χ4n) is 7.50. The molecule has 226 valence electrons. The summed E-state index contributed by atoms with van der Waals surface area (Å²) in [6, 6.07) is 27.3. The predicted molar refractivity (Wildman–Crippen MR) is 196 cm³/mol. The van der Waals surface area contributed by atoms with E-state index >= 15 is 0 Å². The van der Waals surface area contributed by atoms with Crippen molar-refractivity contribution in [3.8, 4) is 11.1 Å². The molecule has 0 bridgehead atoms. The van der Waals surface area contributed by atoms with Gasteiger partial charge in [0.05, 0.1) is 0 Å². The van der Waals surface area contributed by atoms with Crippen LogP contribution < -0.4 is 19.6 Å². The normalized spacial score (nSPS) is 16.8. The van der Waals surface area contributed by atoms with Crippen LogP contribution in [0.3, 0.4) is 0 Å². The molecule has 0 saturated carbocycles. The Hall–Kier alpha value is -1.80. The second-order valence-electron chi connectivity index (χ2n) is 11.8. The monoisotopic (exact) mass is 884 g/mol. The molecule has 4 aliphatic rings. The molecule has 0 amide bonds. The Morgan fingerprint density at radius 1 is 0.512 bits per heavy atom. The van der Waals surface area contributed by atoms with Gasteiger partial charge < -0.3 is 19.6 Å². The van der Waals surface area contributed by atoms with E-state index in [0.717, 1.165) is 23.6 Å². The first-order valence-corrected chi connectivity index (χ1v) is 24.4. The van der Waals surface area contributed by atoms with Crippen LogP contribution in [0.25, 0.3) is 11.1 Å². The standard InChI is InChI=1S/C36H36N4.2HI.Pd/c1-37-23-39(31-17-9-7-15-29(31)37)33-21-19-25-11-3-5-13-27(25)35(33)36-28-14-6-4-12-26(28)20-22-34(36)40-24-38(2)30-16-8-10-18-32(30)40;;;/h7-10,15-24H,3-6,11-14H2,1-2H3;2*1H;/q-2;;;+2/p-2. The van der Waals surface area contributed by atoms with Gasteiger partial charge in [-0.1, -0.05) is 36.4 Å². The molecule has 2 aliphatic heterocycles. The van der Waals surface area contributed by atoms with E-state index in [0.29, 0.717) is 0 Å². The molecule has 0 N–H and O–H groups in total. The summed E-state index contributed by atoms with van der Waals surface area (Å²) in [4.78, 5) is 9.41. The molecule has 2 heterocycles. The van der Waals surface area contributed by atoms with E-state index in [-0.39, 0.29) is 0 Å². The van der Waals surface area contributed by atoms with E-state index in [1.165, 1.54) is 94.9 Å². The summed E-state index contributed by atoms with van der Waals surface area (Å²) in [6.45, 7) is 4.55. The van der Waals surface area contributed by atoms with Gasteiger partial charge >= 0.3 is 49.8 Å². The SMILES string of the molecule is CN1[CH-]N(c2ccc3c(c2-c2c(N4[CH-]N(C)c5ccccc54)ccc4c2CCCC4)CCCC3)c2ccccc21.[I][Pd][I]. The average molecular weight is 885 g/mol. The van der Waals surface area contributed by atoms with Crippen LogP contribution in [-0.2, 0) is 36.4 Å². The van der Waals surface area contributed by atoms with Crippen molar-refractivity contribution in [2.24, 2.45) is 0 Å². The Morgan fingerprint density at radius 2 is 0.884 bits per heavy atom. The summed E-state index contributed by atoms with van der Waals surface area (Å²) < 4.78 is 0. The number of halogens is 2. The van der Waals surface area contributed by atoms with E-state index in [2.05, 4.69) is 159 Å². The predicted octanol–water partition coefficient (Wildman–Crippen LogP) is 10.3. The molecule has 0 unspecified atom stereocenters. The first kappa shape index (κ1) is 29.9. The van der Waals surface area contributed by atoms with Crippen LogP contribution in [-0.4, -0.2) is 14.1 Å². The molecular weight excluding hydrogens is 849 g/mol. The number of para-hydroxylation sites is 4. The van der Waals surface area contributed by atoms with Crippen molar-refractivity contribution in [3.05, 3.63) is 108 Å². The second-order valence-corrected chi connectivity index (χ2v) is 23.8. The third kappa shape index (κ3) is 5.40. The average Bonchev–Trinajstić information content (AvgIpc) is 3.57. The zero-order chi connectivity index (χ0) is 29.5. The molecule has 0 aromatic heterocycles. The molecule has 8 rings (SSSR count). The van der Waals surface area contributed by atoms with Gasteiger partial charge in [-0.3, -0.25) is 0 Å². The molecular formula is C36H36I2N4Pd-2. The van der Waals surface area contributed by atoms with Gasteiger partial charge in [-0.25, -0.2) is 0 Å². The third-order valence-corrected chi connectivity index (χ3v) is 9.41. The molecule has 0 fully saturated rings. The van der Waals surface area contributed by atoms with Crippen molar-refractivity contribution >= 4 is 73.2 Å². The van der Waals surface area contributed by atoms with E-state index < -0.39 is 0 Å². The Bertz CT molecular complexity index is 1540. The van der Waals surface area contributed by atoms with Crippen LogP contribution >= 0.6 is 39.0 Å². The number of fused-ring (bicyclic) bond motifs is 4. The Balaban J connectivity index is 0.000000963. The van der Waals surface area contributed by atoms with Crippen molar-refractivity contribution in [1.82, 2.24) is 0 Å². The van der Waals surface area contributed by atoms with Gasteiger partial charge in [0.15, 0.2) is 0 Å². The third-order valence-electron chi connectivity index (χ3n) is 9.41. The van der Waals surface area contributed by atoms with E-state index in [1.54, 1.807) is 11.1 Å². The molecule has 43 heavy (non-hydrogen) atoms. The van der Waals surface area contributed by atoms with E-state index in [4.69, 9.17) is 0 Å². The minimum absolute atomic E-state index is 0.890. The van der Waals surface area contributed by atoms with E-state index in [1.807, 2.05) is 0 Å². The zero-order valence-electron chi connectivity index (χ0n) is 24.6. The van der Waals surface area contributed by atoms with Gasteiger partial charge in [0.2, 0.25) is 0 Å². The molecule has 2 aliphatic carbocycles. The molecule has 0 atom stereocenters. The van der Waals surface area contributed by atoms with E-state index in [9.17, 15) is 0 Å². The van der Waals surface area contributed by atoms with Gasteiger partial charge in [0.1, 0.15) is 0 Å². The van der Waals surface area contributed by atoms with Gasteiger partial charge in [-0.15, -0.1) is 0 Å². The van der Waals surface area contributed by atoms with Gasteiger partial charge in [0.25, 0.3) is 0 Å². The molecule has 4 nitrogen and oxygen atoms in total. The Kier molecular flexibility index (Phi) is 8.97. The maximum absolute atomic E-state index is 2.44. The number of hydrogen-bond acceptors (Lipinski definition) is 4. The second kappa shape index (κ2) is 12.9. The summed E-state index contributed by atoms with van der Waals surface area (Å²) in [5.41, 5.74) is 16.7. The summed E-state index contributed by atoms with van der Waals surface area (Å²) in [6.07, 6.45) is 9.73.